The smallest absolute Gasteiger partial charge is 0.303 e. The van der Waals surface area contributed by atoms with Gasteiger partial charge in [-0.1, -0.05) is 0 Å². The number of aryl methyl sites for hydroxylation is 1. The third-order valence-corrected chi connectivity index (χ3v) is 5.74. The van der Waals surface area contributed by atoms with Gasteiger partial charge in [0.25, 0.3) is 5.56 Å². The molecule has 4 rings (SSSR count). The predicted octanol–water partition coefficient (Wildman–Crippen LogP) is 3.22. The number of hydrogen-bond acceptors (Lipinski definition) is 4. The summed E-state index contributed by atoms with van der Waals surface area (Å²) in [5.74, 6) is -3.02. The maximum absolute atomic E-state index is 15.3. The van der Waals surface area contributed by atoms with Gasteiger partial charge in [-0.05, 0) is 50.7 Å². The molecule has 9 heteroatoms. The predicted molar refractivity (Wildman–Crippen MR) is 104 cm³/mol. The molecule has 1 aromatic heterocycles. The molecule has 0 radical (unpaired) electrons. The molecule has 1 aromatic carbocycles. The van der Waals surface area contributed by atoms with Crippen LogP contribution in [0.1, 0.15) is 56.6 Å². The molecule has 30 heavy (non-hydrogen) atoms. The van der Waals surface area contributed by atoms with Crippen molar-refractivity contribution in [2.45, 2.75) is 57.4 Å². The van der Waals surface area contributed by atoms with Gasteiger partial charge in [-0.3, -0.25) is 23.9 Å². The number of carbonyl (C=O) groups excluding carboxylic acids is 1. The first kappa shape index (κ1) is 20.2. The number of anilines is 2. The number of halogens is 2. The fourth-order valence-corrected chi connectivity index (χ4v) is 3.99. The molecule has 0 spiro atoms. The average Bonchev–Trinajstić information content (AvgIpc) is 3.48. The van der Waals surface area contributed by atoms with Gasteiger partial charge >= 0.3 is 5.97 Å². The van der Waals surface area contributed by atoms with Crippen LogP contribution in [0.15, 0.2) is 23.4 Å². The van der Waals surface area contributed by atoms with Crippen LogP contribution >= 0.6 is 0 Å². The quantitative estimate of drug-likeness (QED) is 0.779. The van der Waals surface area contributed by atoms with Gasteiger partial charge in [0.2, 0.25) is 5.91 Å². The lowest BCUT2D eigenvalue weighted by Gasteiger charge is -2.20. The molecule has 1 aliphatic carbocycles. The third-order valence-electron chi connectivity index (χ3n) is 5.74. The largest absolute Gasteiger partial charge is 0.481 e. The highest BCUT2D eigenvalue weighted by Gasteiger charge is 2.50. The van der Waals surface area contributed by atoms with Crippen LogP contribution in [0.3, 0.4) is 0 Å². The molecule has 1 saturated carbocycles. The summed E-state index contributed by atoms with van der Waals surface area (Å²) in [4.78, 5) is 41.7. The van der Waals surface area contributed by atoms with E-state index in [0.717, 1.165) is 30.0 Å². The average molecular weight is 417 g/mol. The number of hydrogen-bond donors (Lipinski definition) is 1. The minimum atomic E-state index is -1.36. The van der Waals surface area contributed by atoms with Gasteiger partial charge in [0.1, 0.15) is 17.3 Å². The summed E-state index contributed by atoms with van der Waals surface area (Å²) >= 11 is 0. The van der Waals surface area contributed by atoms with E-state index in [1.165, 1.54) is 24.7 Å². The number of carboxylic acids is 1. The number of amides is 1. The van der Waals surface area contributed by atoms with Crippen LogP contribution in [-0.4, -0.2) is 26.5 Å². The van der Waals surface area contributed by atoms with Crippen LogP contribution in [0.2, 0.25) is 0 Å². The topological polar surface area (TPSA) is 92.5 Å². The maximum atomic E-state index is 15.3. The molecular weight excluding hydrogens is 396 g/mol. The first-order valence-corrected chi connectivity index (χ1v) is 9.77. The number of rotatable bonds is 6. The summed E-state index contributed by atoms with van der Waals surface area (Å²) in [6.07, 6.45) is 3.97. The highest BCUT2D eigenvalue weighted by atomic mass is 19.1. The minimum Gasteiger partial charge on any atom is -0.481 e. The van der Waals surface area contributed by atoms with Crippen molar-refractivity contribution in [2.75, 3.05) is 4.90 Å². The van der Waals surface area contributed by atoms with E-state index in [9.17, 15) is 14.4 Å². The van der Waals surface area contributed by atoms with Crippen LogP contribution in [0.5, 0.6) is 0 Å². The zero-order valence-electron chi connectivity index (χ0n) is 16.6. The molecule has 2 heterocycles. The molecule has 158 valence electrons. The van der Waals surface area contributed by atoms with Gasteiger partial charge in [-0.15, -0.1) is 0 Å². The Bertz CT molecular complexity index is 1120. The van der Waals surface area contributed by atoms with Crippen molar-refractivity contribution in [3.05, 3.63) is 51.7 Å². The SMILES string of the molecule is CC1(C)C(=O)N(c2cncn(CCCC(=O)O)c2=O)c2c(F)cc(C3CC3)c(F)c21. The van der Waals surface area contributed by atoms with Crippen molar-refractivity contribution < 1.29 is 23.5 Å². The Labute approximate surface area is 171 Å². The number of fused-ring (bicyclic) bond motifs is 1. The van der Waals surface area contributed by atoms with Crippen LogP contribution in [-0.2, 0) is 21.5 Å². The monoisotopic (exact) mass is 417 g/mol. The molecular formula is C21H21F2N3O4. The zero-order chi connectivity index (χ0) is 21.8. The van der Waals surface area contributed by atoms with Crippen molar-refractivity contribution in [1.29, 1.82) is 0 Å². The van der Waals surface area contributed by atoms with Gasteiger partial charge in [-0.2, -0.15) is 0 Å². The van der Waals surface area contributed by atoms with E-state index in [1.807, 2.05) is 0 Å². The molecule has 0 unspecified atom stereocenters. The summed E-state index contributed by atoms with van der Waals surface area (Å²) in [6.45, 7) is 3.09. The number of nitrogens with zero attached hydrogens (tertiary/aromatic N) is 3. The lowest BCUT2D eigenvalue weighted by molar-refractivity contribution is -0.137. The van der Waals surface area contributed by atoms with E-state index in [-0.39, 0.29) is 47.8 Å². The van der Waals surface area contributed by atoms with E-state index in [1.54, 1.807) is 0 Å². The molecule has 1 N–H and O–H groups in total. The Balaban J connectivity index is 1.83. The zero-order valence-corrected chi connectivity index (χ0v) is 16.6. The van der Waals surface area contributed by atoms with E-state index < -0.39 is 34.5 Å². The number of carbonyl (C=O) groups is 2. The van der Waals surface area contributed by atoms with Gasteiger partial charge in [0, 0.05) is 18.5 Å². The van der Waals surface area contributed by atoms with E-state index >= 15 is 8.78 Å². The minimum absolute atomic E-state index is 0.0462. The second-order valence-electron chi connectivity index (χ2n) is 8.30. The molecule has 7 nitrogen and oxygen atoms in total. The molecule has 2 aromatic rings. The molecule has 0 bridgehead atoms. The summed E-state index contributed by atoms with van der Waals surface area (Å²) in [7, 11) is 0. The van der Waals surface area contributed by atoms with E-state index in [0.29, 0.717) is 0 Å². The Hall–Kier alpha value is -3.10. The van der Waals surface area contributed by atoms with Crippen molar-refractivity contribution in [2.24, 2.45) is 0 Å². The Morgan fingerprint density at radius 3 is 2.63 bits per heavy atom. The van der Waals surface area contributed by atoms with Gasteiger partial charge in [-0.25, -0.2) is 13.8 Å². The van der Waals surface area contributed by atoms with Crippen molar-refractivity contribution in [3.8, 4) is 0 Å². The van der Waals surface area contributed by atoms with Gasteiger partial charge in [0.05, 0.1) is 23.6 Å². The number of aliphatic carboxylic acids is 1. The van der Waals surface area contributed by atoms with Crippen molar-refractivity contribution in [1.82, 2.24) is 9.55 Å². The lowest BCUT2D eigenvalue weighted by Crippen LogP contribution is -2.37. The van der Waals surface area contributed by atoms with Crippen molar-refractivity contribution in [3.63, 3.8) is 0 Å². The van der Waals surface area contributed by atoms with Crippen molar-refractivity contribution >= 4 is 23.3 Å². The summed E-state index contributed by atoms with van der Waals surface area (Å²) in [6, 6.07) is 1.12. The molecule has 1 amide bonds. The first-order valence-electron chi connectivity index (χ1n) is 9.77. The normalized spacial score (nSPS) is 17.3. The lowest BCUT2D eigenvalue weighted by atomic mass is 9.84. The fraction of sp³-hybridized carbons (Fsp3) is 0.429. The maximum Gasteiger partial charge on any atom is 0.303 e. The highest BCUT2D eigenvalue weighted by Crippen LogP contribution is 2.51. The van der Waals surface area contributed by atoms with Crippen LogP contribution in [0.4, 0.5) is 20.2 Å². The highest BCUT2D eigenvalue weighted by molar-refractivity contribution is 6.12. The number of aromatic nitrogens is 2. The number of benzene rings is 1. The van der Waals surface area contributed by atoms with Crippen LogP contribution in [0.25, 0.3) is 0 Å². The Morgan fingerprint density at radius 2 is 2.00 bits per heavy atom. The fourth-order valence-electron chi connectivity index (χ4n) is 3.99. The molecule has 0 atom stereocenters. The number of carboxylic acid groups (broad SMARTS) is 1. The standard InChI is InChI=1S/C21H21F2N3O4/c1-21(2)16-17(23)12(11-5-6-11)8-13(22)18(16)26(20(21)30)14-9-24-10-25(19(14)29)7-3-4-15(27)28/h8-11H,3-7H2,1-2H3,(H,27,28). The van der Waals surface area contributed by atoms with Crippen LogP contribution < -0.4 is 10.5 Å². The summed E-state index contributed by atoms with van der Waals surface area (Å²) < 4.78 is 31.6. The van der Waals surface area contributed by atoms with Gasteiger partial charge in [0.15, 0.2) is 0 Å². The summed E-state index contributed by atoms with van der Waals surface area (Å²) in [5, 5.41) is 8.78. The first-order chi connectivity index (χ1) is 14.1. The Kier molecular flexibility index (Phi) is 4.71. The molecule has 1 fully saturated rings. The second kappa shape index (κ2) is 7.00. The third kappa shape index (κ3) is 3.09. The molecule has 1 aliphatic heterocycles. The van der Waals surface area contributed by atoms with E-state index in [2.05, 4.69) is 4.98 Å². The van der Waals surface area contributed by atoms with Crippen LogP contribution in [0, 0.1) is 11.6 Å². The second-order valence-corrected chi connectivity index (χ2v) is 8.30. The molecule has 2 aliphatic rings. The van der Waals surface area contributed by atoms with Gasteiger partial charge < -0.3 is 5.11 Å². The van der Waals surface area contributed by atoms with E-state index in [4.69, 9.17) is 5.11 Å². The Morgan fingerprint density at radius 1 is 1.30 bits per heavy atom. The molecule has 0 saturated heterocycles. The summed E-state index contributed by atoms with van der Waals surface area (Å²) in [5.41, 5.74) is -2.21.